The van der Waals surface area contributed by atoms with Crippen LogP contribution in [0.2, 0.25) is 0 Å². The lowest BCUT2D eigenvalue weighted by molar-refractivity contribution is 0.776. The van der Waals surface area contributed by atoms with E-state index in [1.807, 2.05) is 0 Å². The van der Waals surface area contributed by atoms with Crippen molar-refractivity contribution < 1.29 is 0 Å². The lowest BCUT2D eigenvalue weighted by atomic mass is 9.66. The highest BCUT2D eigenvalue weighted by atomic mass is 15.1. The summed E-state index contributed by atoms with van der Waals surface area (Å²) in [5.74, 6) is 0. The molecule has 0 bridgehead atoms. The Balaban J connectivity index is 1.22. The highest BCUT2D eigenvalue weighted by Crippen LogP contribution is 2.58. The summed E-state index contributed by atoms with van der Waals surface area (Å²) < 4.78 is 0. The first-order valence-electron chi connectivity index (χ1n) is 19.0. The maximum atomic E-state index is 2.46. The van der Waals surface area contributed by atoms with Gasteiger partial charge in [-0.05, 0) is 104 Å². The molecular weight excluding hydrogens is 651 g/mol. The first kappa shape index (κ1) is 32.0. The van der Waals surface area contributed by atoms with Crippen molar-refractivity contribution in [3.05, 3.63) is 240 Å². The number of benzene rings is 8. The fourth-order valence-corrected chi connectivity index (χ4v) is 9.04. The molecule has 2 aliphatic carbocycles. The number of hydrogen-bond acceptors (Lipinski definition) is 1. The van der Waals surface area contributed by atoms with Crippen LogP contribution in [0.5, 0.6) is 0 Å². The fourth-order valence-electron chi connectivity index (χ4n) is 9.04. The molecule has 256 valence electrons. The Morgan fingerprint density at radius 3 is 1.89 bits per heavy atom. The molecule has 0 heterocycles. The summed E-state index contributed by atoms with van der Waals surface area (Å²) in [5, 5.41) is 2.53. The van der Waals surface area contributed by atoms with Gasteiger partial charge in [-0.2, -0.15) is 0 Å². The van der Waals surface area contributed by atoms with Crippen LogP contribution < -0.4 is 4.90 Å². The Labute approximate surface area is 317 Å². The molecule has 0 amide bonds. The number of rotatable bonds is 7. The average molecular weight is 690 g/mol. The maximum absolute atomic E-state index is 2.46. The van der Waals surface area contributed by atoms with Crippen molar-refractivity contribution in [3.8, 4) is 22.3 Å². The molecule has 1 nitrogen and oxygen atoms in total. The molecule has 0 N–H and O–H groups in total. The third kappa shape index (κ3) is 5.16. The maximum Gasteiger partial charge on any atom is 0.0719 e. The van der Waals surface area contributed by atoms with E-state index in [0.29, 0.717) is 0 Å². The predicted octanol–water partition coefficient (Wildman–Crippen LogP) is 14.1. The van der Waals surface area contributed by atoms with Crippen LogP contribution >= 0.6 is 0 Å². The molecule has 8 aromatic rings. The van der Waals surface area contributed by atoms with Gasteiger partial charge >= 0.3 is 0 Å². The van der Waals surface area contributed by atoms with E-state index in [1.165, 1.54) is 72.1 Å². The number of hydrogen-bond donors (Lipinski definition) is 0. The third-order valence-corrected chi connectivity index (χ3v) is 11.4. The first-order chi connectivity index (χ1) is 26.8. The topological polar surface area (TPSA) is 3.24 Å². The number of nitrogens with zero attached hydrogens (tertiary/aromatic N) is 1. The van der Waals surface area contributed by atoms with Crippen LogP contribution in [0.4, 0.5) is 17.1 Å². The van der Waals surface area contributed by atoms with Crippen molar-refractivity contribution in [2.24, 2.45) is 0 Å². The molecule has 8 aromatic carbocycles. The van der Waals surface area contributed by atoms with E-state index in [-0.39, 0.29) is 0 Å². The van der Waals surface area contributed by atoms with Gasteiger partial charge < -0.3 is 4.90 Å². The van der Waals surface area contributed by atoms with Crippen LogP contribution in [-0.2, 0) is 5.41 Å². The summed E-state index contributed by atoms with van der Waals surface area (Å²) in [5.41, 5.74) is 15.8. The largest absolute Gasteiger partial charge is 0.310 e. The van der Waals surface area contributed by atoms with Gasteiger partial charge in [0.15, 0.2) is 0 Å². The number of anilines is 3. The van der Waals surface area contributed by atoms with Crippen molar-refractivity contribution in [2.75, 3.05) is 4.90 Å². The zero-order valence-corrected chi connectivity index (χ0v) is 30.1. The molecule has 0 fully saturated rings. The van der Waals surface area contributed by atoms with Crippen molar-refractivity contribution in [1.82, 2.24) is 0 Å². The predicted molar refractivity (Wildman–Crippen MR) is 228 cm³/mol. The molecule has 1 unspecified atom stereocenters. The molecule has 0 aromatic heterocycles. The smallest absolute Gasteiger partial charge is 0.0719 e. The van der Waals surface area contributed by atoms with Crippen molar-refractivity contribution in [2.45, 2.75) is 18.3 Å². The fraction of sp³-hybridized carbons (Fsp3) is 0.0566. The summed E-state index contributed by atoms with van der Waals surface area (Å²) >= 11 is 0. The SMILES string of the molecule is C1=CCCC(c2ccccc2N(c2ccc(-c3ccccc3)cc2)c2ccc3c(c2)-c2ccccc2C3(c2ccccc2)c2cccc3ccccc23)=C1. The highest BCUT2D eigenvalue weighted by Gasteiger charge is 2.47. The lowest BCUT2D eigenvalue weighted by Gasteiger charge is -2.35. The van der Waals surface area contributed by atoms with Crippen LogP contribution in [0.25, 0.3) is 38.6 Å². The van der Waals surface area contributed by atoms with E-state index < -0.39 is 5.41 Å². The lowest BCUT2D eigenvalue weighted by Crippen LogP contribution is -2.29. The van der Waals surface area contributed by atoms with Gasteiger partial charge in [0.1, 0.15) is 0 Å². The third-order valence-electron chi connectivity index (χ3n) is 11.4. The van der Waals surface area contributed by atoms with E-state index in [9.17, 15) is 0 Å². The van der Waals surface area contributed by atoms with E-state index >= 15 is 0 Å². The van der Waals surface area contributed by atoms with Gasteiger partial charge in [0.05, 0.1) is 11.1 Å². The molecule has 0 saturated carbocycles. The highest BCUT2D eigenvalue weighted by molar-refractivity contribution is 5.96. The molecular formula is C53H39N. The molecule has 0 radical (unpaired) electrons. The minimum Gasteiger partial charge on any atom is -0.310 e. The van der Waals surface area contributed by atoms with Crippen molar-refractivity contribution in [1.29, 1.82) is 0 Å². The molecule has 1 heteroatoms. The Morgan fingerprint density at radius 1 is 0.444 bits per heavy atom. The van der Waals surface area contributed by atoms with E-state index in [4.69, 9.17) is 0 Å². The average Bonchev–Trinajstić information content (AvgIpc) is 3.55. The molecule has 0 spiro atoms. The van der Waals surface area contributed by atoms with Gasteiger partial charge in [-0.1, -0.05) is 182 Å². The van der Waals surface area contributed by atoms with Gasteiger partial charge in [0, 0.05) is 16.9 Å². The molecule has 0 saturated heterocycles. The minimum absolute atomic E-state index is 0.494. The van der Waals surface area contributed by atoms with Crippen LogP contribution in [0, 0.1) is 0 Å². The summed E-state index contributed by atoms with van der Waals surface area (Å²) in [6, 6.07) is 71.7. The van der Waals surface area contributed by atoms with Crippen LogP contribution in [0.1, 0.15) is 40.7 Å². The molecule has 1 atom stereocenters. The first-order valence-corrected chi connectivity index (χ1v) is 19.0. The van der Waals surface area contributed by atoms with Crippen LogP contribution in [-0.4, -0.2) is 0 Å². The molecule has 10 rings (SSSR count). The quantitative estimate of drug-likeness (QED) is 0.161. The summed E-state index contributed by atoms with van der Waals surface area (Å²) in [6.07, 6.45) is 8.83. The van der Waals surface area contributed by atoms with E-state index in [0.717, 1.165) is 24.2 Å². The standard InChI is InChI=1S/C53H39N/c1-4-17-38(18-5-1)39-31-33-43(34-32-39)54(52-30-15-13-26-46(52)41-19-6-2-7-20-41)44-35-36-51-48(37-44)47-27-12-14-28-50(47)53(51,42-23-8-3-9-24-42)49-29-16-22-40-21-10-11-25-45(40)49/h1-6,8-19,21-37H,7,20H2. The Kier molecular flexibility index (Phi) is 7.92. The van der Waals surface area contributed by atoms with Gasteiger partial charge in [-0.3, -0.25) is 0 Å². The van der Waals surface area contributed by atoms with E-state index in [1.54, 1.807) is 0 Å². The zero-order valence-electron chi connectivity index (χ0n) is 30.1. The second kappa shape index (κ2) is 13.4. The Morgan fingerprint density at radius 2 is 1.07 bits per heavy atom. The monoisotopic (exact) mass is 689 g/mol. The van der Waals surface area contributed by atoms with Crippen molar-refractivity contribution in [3.63, 3.8) is 0 Å². The van der Waals surface area contributed by atoms with Crippen LogP contribution in [0.3, 0.4) is 0 Å². The molecule has 54 heavy (non-hydrogen) atoms. The van der Waals surface area contributed by atoms with E-state index in [2.05, 4.69) is 217 Å². The summed E-state index contributed by atoms with van der Waals surface area (Å²) in [6.45, 7) is 0. The minimum atomic E-state index is -0.494. The molecule has 2 aliphatic rings. The van der Waals surface area contributed by atoms with Gasteiger partial charge in [0.25, 0.3) is 0 Å². The van der Waals surface area contributed by atoms with Gasteiger partial charge in [-0.25, -0.2) is 0 Å². The second-order valence-corrected chi connectivity index (χ2v) is 14.3. The normalized spacial score (nSPS) is 15.7. The molecule has 0 aliphatic heterocycles. The second-order valence-electron chi connectivity index (χ2n) is 14.3. The Hall–Kier alpha value is -6.70. The summed E-state index contributed by atoms with van der Waals surface area (Å²) in [4.78, 5) is 2.46. The van der Waals surface area contributed by atoms with Gasteiger partial charge in [-0.15, -0.1) is 0 Å². The number of allylic oxidation sites excluding steroid dienone is 4. The number of fused-ring (bicyclic) bond motifs is 4. The zero-order chi connectivity index (χ0) is 35.9. The van der Waals surface area contributed by atoms with Gasteiger partial charge in [0.2, 0.25) is 0 Å². The van der Waals surface area contributed by atoms with Crippen LogP contribution in [0.15, 0.2) is 212 Å². The number of para-hydroxylation sites is 1. The van der Waals surface area contributed by atoms with Crippen molar-refractivity contribution >= 4 is 33.4 Å². The summed E-state index contributed by atoms with van der Waals surface area (Å²) in [7, 11) is 0. The Bertz CT molecular complexity index is 2700.